The van der Waals surface area contributed by atoms with Crippen LogP contribution in [0.5, 0.6) is 5.75 Å². The predicted octanol–water partition coefficient (Wildman–Crippen LogP) is 4.50. The molecule has 4 aromatic rings. The van der Waals surface area contributed by atoms with E-state index in [1.807, 2.05) is 73.0 Å². The van der Waals surface area contributed by atoms with Crippen molar-refractivity contribution in [3.63, 3.8) is 0 Å². The van der Waals surface area contributed by atoms with E-state index < -0.39 is 5.79 Å². The molecule has 7 nitrogen and oxygen atoms in total. The second kappa shape index (κ2) is 7.28. The fourth-order valence-electron chi connectivity index (χ4n) is 3.81. The van der Waals surface area contributed by atoms with Crippen LogP contribution in [0, 0.1) is 5.41 Å². The summed E-state index contributed by atoms with van der Waals surface area (Å²) in [6.07, 6.45) is 1.90. The largest absolute Gasteiger partial charge is 0.491 e. The van der Waals surface area contributed by atoms with Crippen molar-refractivity contribution < 1.29 is 14.2 Å². The summed E-state index contributed by atoms with van der Waals surface area (Å²) in [4.78, 5) is 4.88. The van der Waals surface area contributed by atoms with Gasteiger partial charge in [-0.15, -0.1) is 10.2 Å². The first kappa shape index (κ1) is 19.9. The molecule has 0 spiro atoms. The van der Waals surface area contributed by atoms with Crippen molar-refractivity contribution in [3.8, 4) is 17.3 Å². The maximum Gasteiger partial charge on any atom is 0.187 e. The molecule has 1 unspecified atom stereocenters. The molecule has 7 heteroatoms. The molecule has 31 heavy (non-hydrogen) atoms. The third-order valence-corrected chi connectivity index (χ3v) is 5.71. The molecule has 1 aromatic carbocycles. The Morgan fingerprint density at radius 3 is 2.77 bits per heavy atom. The summed E-state index contributed by atoms with van der Waals surface area (Å²) < 4.78 is 20.0. The summed E-state index contributed by atoms with van der Waals surface area (Å²) in [5.74, 6) is 0.879. The first-order chi connectivity index (χ1) is 14.8. The smallest absolute Gasteiger partial charge is 0.187 e. The fourth-order valence-corrected chi connectivity index (χ4v) is 3.81. The van der Waals surface area contributed by atoms with Gasteiger partial charge < -0.3 is 14.2 Å². The zero-order chi connectivity index (χ0) is 21.6. The fraction of sp³-hybridized carbons (Fsp3) is 0.375. The van der Waals surface area contributed by atoms with Gasteiger partial charge in [0.15, 0.2) is 17.3 Å². The number of hydrogen-bond acceptors (Lipinski definition) is 6. The molecule has 0 amide bonds. The minimum Gasteiger partial charge on any atom is -0.491 e. The highest BCUT2D eigenvalue weighted by molar-refractivity contribution is 5.86. The quantitative estimate of drug-likeness (QED) is 0.475. The van der Waals surface area contributed by atoms with Crippen molar-refractivity contribution in [2.45, 2.75) is 39.6 Å². The monoisotopic (exact) mass is 418 g/mol. The Morgan fingerprint density at radius 1 is 1.10 bits per heavy atom. The Balaban J connectivity index is 1.45. The van der Waals surface area contributed by atoms with Gasteiger partial charge >= 0.3 is 0 Å². The van der Waals surface area contributed by atoms with Crippen LogP contribution in [0.2, 0.25) is 0 Å². The van der Waals surface area contributed by atoms with Gasteiger partial charge in [0.05, 0.1) is 19.3 Å². The second-order valence-electron chi connectivity index (χ2n) is 9.07. The summed E-state index contributed by atoms with van der Waals surface area (Å²) in [5, 5.41) is 9.58. The highest BCUT2D eigenvalue weighted by atomic mass is 16.7. The van der Waals surface area contributed by atoms with Crippen molar-refractivity contribution in [3.05, 3.63) is 54.7 Å². The van der Waals surface area contributed by atoms with Gasteiger partial charge in [0, 0.05) is 17.0 Å². The van der Waals surface area contributed by atoms with E-state index in [2.05, 4.69) is 24.0 Å². The summed E-state index contributed by atoms with van der Waals surface area (Å²) in [5.41, 5.74) is 2.10. The number of pyridine rings is 2. The van der Waals surface area contributed by atoms with Crippen LogP contribution in [0.3, 0.4) is 0 Å². The Morgan fingerprint density at radius 2 is 1.97 bits per heavy atom. The molecule has 1 saturated heterocycles. The Hall–Kier alpha value is -3.03. The predicted molar refractivity (Wildman–Crippen MR) is 118 cm³/mol. The van der Waals surface area contributed by atoms with Gasteiger partial charge in [-0.1, -0.05) is 38.1 Å². The summed E-state index contributed by atoms with van der Waals surface area (Å²) in [7, 11) is 0. The Bertz CT molecular complexity index is 1250. The first-order valence-corrected chi connectivity index (χ1v) is 10.5. The number of benzene rings is 1. The van der Waals surface area contributed by atoms with Crippen molar-refractivity contribution in [1.82, 2.24) is 19.6 Å². The molecular weight excluding hydrogens is 392 g/mol. The first-order valence-electron chi connectivity index (χ1n) is 10.5. The van der Waals surface area contributed by atoms with Gasteiger partial charge in [-0.05, 0) is 38.1 Å². The van der Waals surface area contributed by atoms with Crippen LogP contribution in [0.4, 0.5) is 0 Å². The SMILES string of the molecule is CC1(C)OCC(C(C)(C)COc2cccc3ccc(-c4nnc5ccccn45)nc23)O1. The van der Waals surface area contributed by atoms with E-state index in [9.17, 15) is 0 Å². The lowest BCUT2D eigenvalue weighted by molar-refractivity contribution is -0.153. The molecule has 1 aliphatic heterocycles. The second-order valence-corrected chi connectivity index (χ2v) is 9.07. The van der Waals surface area contributed by atoms with Gasteiger partial charge in [-0.25, -0.2) is 4.98 Å². The lowest BCUT2D eigenvalue weighted by Crippen LogP contribution is -2.38. The van der Waals surface area contributed by atoms with E-state index in [0.717, 1.165) is 28.0 Å². The van der Waals surface area contributed by atoms with Crippen LogP contribution in [-0.2, 0) is 9.47 Å². The van der Waals surface area contributed by atoms with Crippen LogP contribution >= 0.6 is 0 Å². The van der Waals surface area contributed by atoms with Crippen molar-refractivity contribution in [2.75, 3.05) is 13.2 Å². The van der Waals surface area contributed by atoms with Crippen LogP contribution < -0.4 is 4.74 Å². The van der Waals surface area contributed by atoms with E-state index in [1.165, 1.54) is 0 Å². The van der Waals surface area contributed by atoms with E-state index in [0.29, 0.717) is 19.0 Å². The molecule has 0 N–H and O–H groups in total. The van der Waals surface area contributed by atoms with E-state index in [1.54, 1.807) is 0 Å². The molecular formula is C24H26N4O3. The molecule has 1 aliphatic rings. The minimum absolute atomic E-state index is 0.0386. The molecule has 0 radical (unpaired) electrons. The molecule has 3 aromatic heterocycles. The lowest BCUT2D eigenvalue weighted by atomic mass is 9.88. The zero-order valence-electron chi connectivity index (χ0n) is 18.2. The maximum atomic E-state index is 6.28. The van der Waals surface area contributed by atoms with Gasteiger partial charge in [0.2, 0.25) is 0 Å². The number of fused-ring (bicyclic) bond motifs is 2. The van der Waals surface area contributed by atoms with Crippen molar-refractivity contribution in [2.24, 2.45) is 5.41 Å². The van der Waals surface area contributed by atoms with E-state index in [-0.39, 0.29) is 11.5 Å². The molecule has 1 fully saturated rings. The topological polar surface area (TPSA) is 70.8 Å². The highest BCUT2D eigenvalue weighted by Gasteiger charge is 2.42. The van der Waals surface area contributed by atoms with Gasteiger partial charge in [-0.2, -0.15) is 0 Å². The van der Waals surface area contributed by atoms with Crippen molar-refractivity contribution >= 4 is 16.6 Å². The molecule has 160 valence electrons. The minimum atomic E-state index is -0.557. The Labute approximate surface area is 181 Å². The van der Waals surface area contributed by atoms with Gasteiger partial charge in [0.1, 0.15) is 17.0 Å². The standard InChI is InChI=1S/C24H26N4O3/c1-23(2,19-14-30-24(3,4)31-19)15-29-18-9-7-8-16-11-12-17(25-21(16)18)22-27-26-20-10-5-6-13-28(20)22/h5-13,19H,14-15H2,1-4H3. The van der Waals surface area contributed by atoms with Crippen LogP contribution in [0.1, 0.15) is 27.7 Å². The average molecular weight is 418 g/mol. The molecule has 4 heterocycles. The molecule has 0 aliphatic carbocycles. The third kappa shape index (κ3) is 3.75. The average Bonchev–Trinajstić information content (AvgIpc) is 3.35. The lowest BCUT2D eigenvalue weighted by Gasteiger charge is -2.31. The maximum absolute atomic E-state index is 6.28. The van der Waals surface area contributed by atoms with Crippen molar-refractivity contribution in [1.29, 1.82) is 0 Å². The van der Waals surface area contributed by atoms with E-state index >= 15 is 0 Å². The van der Waals surface area contributed by atoms with E-state index in [4.69, 9.17) is 19.2 Å². The number of para-hydroxylation sites is 1. The normalized spacial score (nSPS) is 18.6. The molecule has 5 rings (SSSR count). The summed E-state index contributed by atoms with van der Waals surface area (Å²) in [6, 6.07) is 15.8. The molecule has 1 atom stereocenters. The number of ether oxygens (including phenoxy) is 3. The van der Waals surface area contributed by atoms with Gasteiger partial charge in [-0.3, -0.25) is 4.40 Å². The number of rotatable bonds is 5. The summed E-state index contributed by atoms with van der Waals surface area (Å²) in [6.45, 7) is 9.18. The number of hydrogen-bond donors (Lipinski definition) is 0. The third-order valence-electron chi connectivity index (χ3n) is 5.71. The number of nitrogens with zero attached hydrogens (tertiary/aromatic N) is 4. The molecule has 0 saturated carbocycles. The molecule has 0 bridgehead atoms. The Kier molecular flexibility index (Phi) is 4.68. The summed E-state index contributed by atoms with van der Waals surface area (Å²) >= 11 is 0. The highest BCUT2D eigenvalue weighted by Crippen LogP contribution is 2.35. The van der Waals surface area contributed by atoms with Crippen LogP contribution in [0.25, 0.3) is 28.1 Å². The van der Waals surface area contributed by atoms with Crippen LogP contribution in [-0.4, -0.2) is 44.7 Å². The van der Waals surface area contributed by atoms with Gasteiger partial charge in [0.25, 0.3) is 0 Å². The van der Waals surface area contributed by atoms with Crippen LogP contribution in [0.15, 0.2) is 54.7 Å². The zero-order valence-corrected chi connectivity index (χ0v) is 18.2. The number of aromatic nitrogens is 4.